The van der Waals surface area contributed by atoms with Crippen molar-refractivity contribution >= 4 is 17.4 Å². The van der Waals surface area contributed by atoms with Gasteiger partial charge >= 0.3 is 0 Å². The summed E-state index contributed by atoms with van der Waals surface area (Å²) in [6, 6.07) is 0. The molecule has 0 aromatic carbocycles. The Morgan fingerprint density at radius 1 is 1.00 bits per heavy atom. The van der Waals surface area contributed by atoms with Crippen LogP contribution < -0.4 is 0 Å². The van der Waals surface area contributed by atoms with Gasteiger partial charge in [0.2, 0.25) is 0 Å². The molecular weight excluding hydrogens is 247 g/mol. The molecule has 0 aromatic rings. The molecule has 23 valence electrons. The van der Waals surface area contributed by atoms with Gasteiger partial charge in [0.25, 0.3) is 0 Å². The van der Waals surface area contributed by atoms with Gasteiger partial charge in [0.05, 0.1) is 0 Å². The number of rotatable bonds is 0. The first-order valence-corrected chi connectivity index (χ1v) is 0. The van der Waals surface area contributed by atoms with Crippen LogP contribution in [0, 0.1) is 0 Å². The zero-order valence-electron chi connectivity index (χ0n) is 1.51. The fourth-order valence-electron chi connectivity index (χ4n) is 0. The maximum absolute atomic E-state index is 0. The van der Waals surface area contributed by atoms with Crippen molar-refractivity contribution in [2.24, 2.45) is 0 Å². The van der Waals surface area contributed by atoms with E-state index in [1.165, 1.54) is 0 Å². The normalized spacial score (nSPS) is 0. The summed E-state index contributed by atoms with van der Waals surface area (Å²) in [4.78, 5) is 0. The molecule has 0 saturated carbocycles. The molecule has 0 aliphatic rings. The topological polar surface area (TPSA) is 0 Å². The molecule has 0 unspecified atom stereocenters. The fourth-order valence-corrected chi connectivity index (χ4v) is 0. The van der Waals surface area contributed by atoms with Gasteiger partial charge in [-0.2, -0.15) is 0 Å². The van der Waals surface area contributed by atoms with Gasteiger partial charge in [-0.1, -0.05) is 0 Å². The third-order valence-electron chi connectivity index (χ3n) is 0. The first kappa shape index (κ1) is 31.0. The number of hydrogen-bond donors (Lipinski definition) is 0. The molecule has 0 aliphatic carbocycles. The molecule has 0 N–H and O–H groups in total. The van der Waals surface area contributed by atoms with Gasteiger partial charge in [-0.05, 0) is 0 Å². The third-order valence-corrected chi connectivity index (χ3v) is 0. The van der Waals surface area contributed by atoms with Gasteiger partial charge in [0.15, 0.2) is 17.4 Å². The summed E-state index contributed by atoms with van der Waals surface area (Å²) in [5, 5.41) is 0. The largest absolute Gasteiger partial charge is 0.187 e. The van der Waals surface area contributed by atoms with E-state index >= 15 is 0 Å². The molecule has 0 nitrogen and oxygen atoms in total. The molecule has 0 aliphatic heterocycles. The summed E-state index contributed by atoms with van der Waals surface area (Å²) < 4.78 is 0. The van der Waals surface area contributed by atoms with Gasteiger partial charge in [-0.3, -0.25) is 0 Å². The van der Waals surface area contributed by atoms with E-state index in [0.717, 1.165) is 0 Å². The van der Waals surface area contributed by atoms with E-state index in [1.54, 1.807) is 0 Å². The van der Waals surface area contributed by atoms with E-state index in [1.807, 2.05) is 0 Å². The first-order chi connectivity index (χ1) is 0. The van der Waals surface area contributed by atoms with Crippen LogP contribution in [0.15, 0.2) is 0 Å². The molecule has 0 heterocycles. The molecular formula is H3AlCuZnZr. The van der Waals surface area contributed by atoms with Crippen LogP contribution in [0.3, 0.4) is 0 Å². The van der Waals surface area contributed by atoms with Crippen LogP contribution in [0.1, 0.15) is 0 Å². The van der Waals surface area contributed by atoms with Crippen molar-refractivity contribution in [3.8, 4) is 0 Å². The number of hydrogen-bond acceptors (Lipinski definition) is 0. The van der Waals surface area contributed by atoms with Crippen molar-refractivity contribution in [1.29, 1.82) is 0 Å². The molecule has 0 bridgehead atoms. The quantitative estimate of drug-likeness (QED) is 0.474. The zero-order chi connectivity index (χ0) is 0. The van der Waals surface area contributed by atoms with Crippen molar-refractivity contribution in [3.63, 3.8) is 0 Å². The van der Waals surface area contributed by atoms with E-state index in [4.69, 9.17) is 0 Å². The zero-order valence-corrected chi connectivity index (χ0v) is 7.88. The van der Waals surface area contributed by atoms with E-state index in [2.05, 4.69) is 0 Å². The Balaban J connectivity index is 0. The Morgan fingerprint density at radius 3 is 1.00 bits per heavy atom. The minimum atomic E-state index is 0. The average molecular weight is 250 g/mol. The molecule has 4 heteroatoms. The van der Waals surface area contributed by atoms with Crippen LogP contribution in [-0.2, 0) is 62.8 Å². The van der Waals surface area contributed by atoms with Crippen LogP contribution in [0.25, 0.3) is 0 Å². The Morgan fingerprint density at radius 2 is 1.00 bits per heavy atom. The van der Waals surface area contributed by atoms with E-state index in [9.17, 15) is 0 Å². The third kappa shape index (κ3) is 8.82. The van der Waals surface area contributed by atoms with Crippen LogP contribution in [-0.4, -0.2) is 17.4 Å². The Hall–Kier alpha value is 2.56. The second-order valence-corrected chi connectivity index (χ2v) is 0. The first-order valence-electron chi connectivity index (χ1n) is 0. The Bertz CT molecular complexity index is 8.00. The average Bonchev–Trinajstić information content (AvgIpc) is 0. The van der Waals surface area contributed by atoms with Crippen molar-refractivity contribution in [2.45, 2.75) is 0 Å². The second kappa shape index (κ2) is 17.6. The van der Waals surface area contributed by atoms with Gasteiger partial charge in [-0.15, -0.1) is 0 Å². The molecule has 0 aromatic heterocycles. The van der Waals surface area contributed by atoms with Crippen molar-refractivity contribution in [2.75, 3.05) is 0 Å². The van der Waals surface area contributed by atoms with Gasteiger partial charge < -0.3 is 0 Å². The standard InChI is InChI=1S/Al.Cu.Zn.Zr.3H. The summed E-state index contributed by atoms with van der Waals surface area (Å²) in [6.45, 7) is 0. The predicted molar refractivity (Wildman–Crippen MR) is 9.94 cm³/mol. The monoisotopic (exact) mass is 247 g/mol. The molecule has 0 spiro atoms. The molecule has 0 fully saturated rings. The summed E-state index contributed by atoms with van der Waals surface area (Å²) >= 11 is 0. The molecule has 0 atom stereocenters. The van der Waals surface area contributed by atoms with Crippen LogP contribution in [0.5, 0.6) is 0 Å². The predicted octanol–water partition coefficient (Wildman–Crippen LogP) is -1.19. The van der Waals surface area contributed by atoms with Crippen molar-refractivity contribution in [1.82, 2.24) is 0 Å². The molecule has 1 radical (unpaired) electrons. The van der Waals surface area contributed by atoms with E-state index < -0.39 is 0 Å². The molecule has 0 rings (SSSR count). The SMILES string of the molecule is [AlH3].[Cu].[Zn].[Zr]. The Labute approximate surface area is 79.0 Å². The van der Waals surface area contributed by atoms with Gasteiger partial charge in [-0.25, -0.2) is 0 Å². The van der Waals surface area contributed by atoms with Crippen LogP contribution in [0.4, 0.5) is 0 Å². The van der Waals surface area contributed by atoms with E-state index in [0.29, 0.717) is 0 Å². The fraction of sp³-hybridized carbons (Fsp3) is 0. The smallest absolute Gasteiger partial charge is 0 e. The summed E-state index contributed by atoms with van der Waals surface area (Å²) in [5.74, 6) is 0. The second-order valence-electron chi connectivity index (χ2n) is 0. The minimum Gasteiger partial charge on any atom is 0 e. The van der Waals surface area contributed by atoms with Crippen molar-refractivity contribution < 1.29 is 62.8 Å². The van der Waals surface area contributed by atoms with Gasteiger partial charge in [0, 0.05) is 62.8 Å². The van der Waals surface area contributed by atoms with Crippen molar-refractivity contribution in [3.05, 3.63) is 0 Å². The maximum atomic E-state index is 0. The van der Waals surface area contributed by atoms with Gasteiger partial charge in [0.1, 0.15) is 0 Å². The molecule has 4 heavy (non-hydrogen) atoms. The maximum Gasteiger partial charge on any atom is 0.187 e. The van der Waals surface area contributed by atoms with E-state index in [-0.39, 0.29) is 80.1 Å². The molecule has 0 saturated heterocycles. The summed E-state index contributed by atoms with van der Waals surface area (Å²) in [6.07, 6.45) is 0. The summed E-state index contributed by atoms with van der Waals surface area (Å²) in [7, 11) is 0. The molecule has 0 amide bonds. The Kier molecular flexibility index (Phi) is 137. The van der Waals surface area contributed by atoms with Crippen LogP contribution in [0.2, 0.25) is 0 Å². The minimum absolute atomic E-state index is 0. The summed E-state index contributed by atoms with van der Waals surface area (Å²) in [5.41, 5.74) is 0. The van der Waals surface area contributed by atoms with Crippen LogP contribution >= 0.6 is 0 Å².